The van der Waals surface area contributed by atoms with Crippen molar-refractivity contribution >= 4 is 51.4 Å². The Hall–Kier alpha value is 0.190. The molecule has 1 aliphatic rings. The van der Waals surface area contributed by atoms with Crippen molar-refractivity contribution in [1.29, 1.82) is 0 Å². The minimum absolute atomic E-state index is 0.0428. The monoisotopic (exact) mass is 369 g/mol. The van der Waals surface area contributed by atoms with Crippen molar-refractivity contribution < 1.29 is 4.79 Å². The summed E-state index contributed by atoms with van der Waals surface area (Å²) in [5.41, 5.74) is 0.773. The maximum atomic E-state index is 11.9. The van der Waals surface area contributed by atoms with Gasteiger partial charge in [0.2, 0.25) is 0 Å². The highest BCUT2D eigenvalue weighted by Crippen LogP contribution is 2.27. The van der Waals surface area contributed by atoms with E-state index < -0.39 is 0 Å². The van der Waals surface area contributed by atoms with Crippen molar-refractivity contribution in [3.8, 4) is 0 Å². The molecule has 2 atom stereocenters. The molecule has 88 valence electrons. The predicted octanol–water partition coefficient (Wildman–Crippen LogP) is 3.49. The molecule has 1 saturated carbocycles. The van der Waals surface area contributed by atoms with Crippen LogP contribution in [0.4, 0.5) is 0 Å². The fourth-order valence-electron chi connectivity index (χ4n) is 2.09. The topological polar surface area (TPSA) is 29.1 Å². The third-order valence-electron chi connectivity index (χ3n) is 3.00. The summed E-state index contributed by atoms with van der Waals surface area (Å²) < 4.78 is 1.14. The molecular formula is C11H13ClINOS. The van der Waals surface area contributed by atoms with E-state index in [-0.39, 0.29) is 11.9 Å². The molecule has 1 aromatic rings. The van der Waals surface area contributed by atoms with Crippen molar-refractivity contribution in [3.05, 3.63) is 19.9 Å². The smallest absolute Gasteiger partial charge is 0.252 e. The first-order chi connectivity index (χ1) is 7.70. The van der Waals surface area contributed by atoms with Gasteiger partial charge >= 0.3 is 0 Å². The summed E-state index contributed by atoms with van der Waals surface area (Å²) in [5.74, 6) is 1.14. The summed E-state index contributed by atoms with van der Waals surface area (Å²) in [6, 6.07) is 2.19. The van der Waals surface area contributed by atoms with Crippen molar-refractivity contribution in [2.24, 2.45) is 5.92 Å². The lowest BCUT2D eigenvalue weighted by Gasteiger charge is -2.18. The van der Waals surface area contributed by atoms with Gasteiger partial charge in [-0.3, -0.25) is 4.79 Å². The van der Waals surface area contributed by atoms with E-state index >= 15 is 0 Å². The van der Waals surface area contributed by atoms with Gasteiger partial charge in [-0.25, -0.2) is 0 Å². The van der Waals surface area contributed by atoms with Crippen LogP contribution < -0.4 is 5.32 Å². The Morgan fingerprint density at radius 1 is 1.62 bits per heavy atom. The van der Waals surface area contributed by atoms with Gasteiger partial charge in [0, 0.05) is 17.3 Å². The fourth-order valence-corrected chi connectivity index (χ4v) is 3.79. The Morgan fingerprint density at radius 3 is 3.06 bits per heavy atom. The van der Waals surface area contributed by atoms with E-state index in [2.05, 4.69) is 27.9 Å². The van der Waals surface area contributed by atoms with Crippen molar-refractivity contribution in [2.75, 3.05) is 5.88 Å². The van der Waals surface area contributed by atoms with Crippen molar-refractivity contribution in [3.63, 3.8) is 0 Å². The summed E-state index contributed by atoms with van der Waals surface area (Å²) in [6.45, 7) is 0. The Morgan fingerprint density at radius 2 is 2.44 bits per heavy atom. The number of amides is 1. The molecule has 2 unspecified atom stereocenters. The van der Waals surface area contributed by atoms with E-state index in [9.17, 15) is 4.79 Å². The first-order valence-corrected chi connectivity index (χ1v) is 7.81. The van der Waals surface area contributed by atoms with Gasteiger partial charge in [0.1, 0.15) is 0 Å². The molecule has 5 heteroatoms. The number of hydrogen-bond acceptors (Lipinski definition) is 2. The van der Waals surface area contributed by atoms with Crippen LogP contribution in [0.1, 0.15) is 29.6 Å². The third-order valence-corrected chi connectivity index (χ3v) is 5.19. The second-order valence-corrected chi connectivity index (χ2v) is 7.18. The first-order valence-electron chi connectivity index (χ1n) is 5.31. The Balaban J connectivity index is 1.97. The van der Waals surface area contributed by atoms with E-state index in [1.54, 1.807) is 11.3 Å². The molecule has 1 fully saturated rings. The molecule has 1 amide bonds. The summed E-state index contributed by atoms with van der Waals surface area (Å²) in [4.78, 5) is 11.9. The van der Waals surface area contributed by atoms with Gasteiger partial charge in [-0.2, -0.15) is 0 Å². The van der Waals surface area contributed by atoms with Crippen LogP contribution in [0, 0.1) is 8.80 Å². The predicted molar refractivity (Wildman–Crippen MR) is 76.4 cm³/mol. The van der Waals surface area contributed by atoms with Crippen molar-refractivity contribution in [2.45, 2.75) is 25.3 Å². The van der Waals surface area contributed by atoms with Crippen LogP contribution in [0.15, 0.2) is 11.4 Å². The third kappa shape index (κ3) is 2.90. The van der Waals surface area contributed by atoms with E-state index in [1.807, 2.05) is 11.4 Å². The fraction of sp³-hybridized carbons (Fsp3) is 0.545. The van der Waals surface area contributed by atoms with E-state index in [1.165, 1.54) is 6.42 Å². The number of carbonyl (C=O) groups excluding carboxylic acids is 1. The lowest BCUT2D eigenvalue weighted by atomic mass is 10.1. The SMILES string of the molecule is O=C(NC1CCCC1CCl)c1csc(I)c1. The molecule has 2 rings (SSSR count). The van der Waals surface area contributed by atoms with Crippen LogP contribution >= 0.6 is 45.5 Å². The van der Waals surface area contributed by atoms with Crippen LogP contribution in [0.3, 0.4) is 0 Å². The number of rotatable bonds is 3. The van der Waals surface area contributed by atoms with Crippen LogP contribution in [0.5, 0.6) is 0 Å². The number of alkyl halides is 1. The Kier molecular flexibility index (Phi) is 4.49. The second-order valence-electron chi connectivity index (χ2n) is 4.06. The summed E-state index contributed by atoms with van der Waals surface area (Å²) in [5, 5.41) is 4.99. The van der Waals surface area contributed by atoms with Gasteiger partial charge in [0.15, 0.2) is 0 Å². The molecule has 1 aliphatic carbocycles. The highest BCUT2D eigenvalue weighted by molar-refractivity contribution is 14.1. The van der Waals surface area contributed by atoms with Crippen molar-refractivity contribution in [1.82, 2.24) is 5.32 Å². The first kappa shape index (κ1) is 12.6. The zero-order valence-corrected chi connectivity index (χ0v) is 12.4. The van der Waals surface area contributed by atoms with Crippen LogP contribution in [0.25, 0.3) is 0 Å². The molecule has 0 saturated heterocycles. The largest absolute Gasteiger partial charge is 0.349 e. The van der Waals surface area contributed by atoms with Crippen LogP contribution in [-0.4, -0.2) is 17.8 Å². The Bertz CT molecular complexity index is 382. The molecule has 0 bridgehead atoms. The second kappa shape index (κ2) is 5.69. The van der Waals surface area contributed by atoms with Gasteiger partial charge in [-0.1, -0.05) is 6.42 Å². The molecular weight excluding hydrogens is 357 g/mol. The van der Waals surface area contributed by atoms with Gasteiger partial charge in [-0.05, 0) is 47.4 Å². The summed E-state index contributed by atoms with van der Waals surface area (Å²) >= 11 is 9.71. The number of nitrogens with one attached hydrogen (secondary N) is 1. The van der Waals surface area contributed by atoms with Crippen LogP contribution in [-0.2, 0) is 0 Å². The maximum absolute atomic E-state index is 11.9. The quantitative estimate of drug-likeness (QED) is 0.641. The molecule has 1 N–H and O–H groups in total. The molecule has 16 heavy (non-hydrogen) atoms. The summed E-state index contributed by atoms with van der Waals surface area (Å²) in [7, 11) is 0. The zero-order chi connectivity index (χ0) is 11.5. The van der Waals surface area contributed by atoms with E-state index in [4.69, 9.17) is 11.6 Å². The molecule has 0 spiro atoms. The molecule has 0 radical (unpaired) electrons. The molecule has 1 aromatic heterocycles. The van der Waals surface area contributed by atoms with Gasteiger partial charge in [-0.15, -0.1) is 22.9 Å². The molecule has 1 heterocycles. The van der Waals surface area contributed by atoms with Gasteiger partial charge in [0.05, 0.1) is 8.45 Å². The Labute approximate surface area is 118 Å². The minimum Gasteiger partial charge on any atom is -0.349 e. The highest BCUT2D eigenvalue weighted by Gasteiger charge is 2.28. The number of thiophene rings is 1. The standard InChI is InChI=1S/C11H13ClINOS/c12-5-7-2-1-3-9(7)14-11(15)8-4-10(13)16-6-8/h4,6-7,9H,1-3,5H2,(H,14,15). The van der Waals surface area contributed by atoms with Gasteiger partial charge < -0.3 is 5.32 Å². The summed E-state index contributed by atoms with van der Waals surface area (Å²) in [6.07, 6.45) is 3.36. The molecule has 2 nitrogen and oxygen atoms in total. The average Bonchev–Trinajstić information content (AvgIpc) is 2.86. The van der Waals surface area contributed by atoms with Crippen LogP contribution in [0.2, 0.25) is 0 Å². The normalized spacial score (nSPS) is 24.6. The zero-order valence-electron chi connectivity index (χ0n) is 8.71. The lowest BCUT2D eigenvalue weighted by Crippen LogP contribution is -2.37. The van der Waals surface area contributed by atoms with E-state index in [0.717, 1.165) is 21.3 Å². The highest BCUT2D eigenvalue weighted by atomic mass is 127. The molecule has 0 aromatic carbocycles. The maximum Gasteiger partial charge on any atom is 0.252 e. The van der Waals surface area contributed by atoms with E-state index in [0.29, 0.717) is 11.8 Å². The number of carbonyl (C=O) groups is 1. The minimum atomic E-state index is 0.0428. The average molecular weight is 370 g/mol. The number of halogens is 2. The number of hydrogen-bond donors (Lipinski definition) is 1. The van der Waals surface area contributed by atoms with Gasteiger partial charge in [0.25, 0.3) is 5.91 Å². The molecule has 0 aliphatic heterocycles. The lowest BCUT2D eigenvalue weighted by molar-refractivity contribution is 0.0930.